The SMILES string of the molecule is C[CH]OC(C)(CC)OC(C)C. The largest absolute Gasteiger partial charge is 0.348 e. The Kier molecular flexibility index (Phi) is 4.69. The van der Waals surface area contributed by atoms with Crippen LogP contribution in [0, 0.1) is 6.61 Å². The van der Waals surface area contributed by atoms with Crippen LogP contribution in [0.4, 0.5) is 0 Å². The standard InChI is InChI=1S/C9H19O2/c1-6-9(5,10-7-2)11-8(3)4/h7-8H,6H2,1-5H3. The van der Waals surface area contributed by atoms with Crippen LogP contribution in [0.2, 0.25) is 0 Å². The highest BCUT2D eigenvalue weighted by atomic mass is 16.7. The molecule has 0 N–H and O–H groups in total. The molecule has 11 heavy (non-hydrogen) atoms. The van der Waals surface area contributed by atoms with Gasteiger partial charge in [-0.1, -0.05) is 6.92 Å². The monoisotopic (exact) mass is 159 g/mol. The Labute approximate surface area is 69.9 Å². The topological polar surface area (TPSA) is 18.5 Å². The van der Waals surface area contributed by atoms with Gasteiger partial charge >= 0.3 is 0 Å². The fourth-order valence-corrected chi connectivity index (χ4v) is 0.942. The Hall–Kier alpha value is -0.0800. The summed E-state index contributed by atoms with van der Waals surface area (Å²) in [5.41, 5.74) is 0. The first-order valence-electron chi connectivity index (χ1n) is 4.17. The average Bonchev–Trinajstić information content (AvgIpc) is 1.87. The molecule has 0 saturated heterocycles. The van der Waals surface area contributed by atoms with Gasteiger partial charge in [-0.2, -0.15) is 0 Å². The van der Waals surface area contributed by atoms with Crippen molar-refractivity contribution in [1.82, 2.24) is 0 Å². The molecule has 67 valence electrons. The third-order valence-corrected chi connectivity index (χ3v) is 1.49. The van der Waals surface area contributed by atoms with Crippen molar-refractivity contribution in [3.05, 3.63) is 6.61 Å². The summed E-state index contributed by atoms with van der Waals surface area (Å²) in [6, 6.07) is 0. The third kappa shape index (κ3) is 4.38. The summed E-state index contributed by atoms with van der Waals surface area (Å²) in [4.78, 5) is 0. The maximum absolute atomic E-state index is 5.57. The van der Waals surface area contributed by atoms with Crippen LogP contribution in [-0.4, -0.2) is 11.9 Å². The van der Waals surface area contributed by atoms with Crippen LogP contribution in [0.1, 0.15) is 41.0 Å². The molecule has 1 atom stereocenters. The van der Waals surface area contributed by atoms with E-state index < -0.39 is 5.79 Å². The molecule has 0 saturated carbocycles. The van der Waals surface area contributed by atoms with Crippen molar-refractivity contribution >= 4 is 0 Å². The molecule has 1 unspecified atom stereocenters. The lowest BCUT2D eigenvalue weighted by molar-refractivity contribution is -0.226. The van der Waals surface area contributed by atoms with Gasteiger partial charge in [-0.05, 0) is 34.1 Å². The molecular weight excluding hydrogens is 140 g/mol. The van der Waals surface area contributed by atoms with Gasteiger partial charge in [0.2, 0.25) is 0 Å². The maximum Gasteiger partial charge on any atom is 0.166 e. The first kappa shape index (κ1) is 10.9. The number of hydrogen-bond acceptors (Lipinski definition) is 2. The lowest BCUT2D eigenvalue weighted by Gasteiger charge is -2.30. The number of ether oxygens (including phenoxy) is 2. The highest BCUT2D eigenvalue weighted by molar-refractivity contribution is 4.63. The molecule has 2 nitrogen and oxygen atoms in total. The summed E-state index contributed by atoms with van der Waals surface area (Å²) in [5, 5.41) is 0. The van der Waals surface area contributed by atoms with Crippen LogP contribution in [0.3, 0.4) is 0 Å². The molecule has 0 aliphatic heterocycles. The second-order valence-electron chi connectivity index (χ2n) is 3.01. The molecule has 0 aromatic rings. The predicted octanol–water partition coefficient (Wildman–Crippen LogP) is 2.74. The van der Waals surface area contributed by atoms with Gasteiger partial charge in [0.05, 0.1) is 12.7 Å². The van der Waals surface area contributed by atoms with E-state index in [1.54, 1.807) is 6.61 Å². The summed E-state index contributed by atoms with van der Waals surface area (Å²) in [6.07, 6.45) is 1.06. The van der Waals surface area contributed by atoms with Crippen LogP contribution in [-0.2, 0) is 9.47 Å². The molecule has 0 rings (SSSR count). The van der Waals surface area contributed by atoms with Gasteiger partial charge in [-0.15, -0.1) is 0 Å². The van der Waals surface area contributed by atoms with Gasteiger partial charge in [0.25, 0.3) is 0 Å². The average molecular weight is 159 g/mol. The van der Waals surface area contributed by atoms with Crippen molar-refractivity contribution in [2.75, 3.05) is 0 Å². The van der Waals surface area contributed by atoms with E-state index in [4.69, 9.17) is 9.47 Å². The molecule has 1 radical (unpaired) electrons. The zero-order valence-electron chi connectivity index (χ0n) is 8.18. The van der Waals surface area contributed by atoms with E-state index in [-0.39, 0.29) is 6.10 Å². The maximum atomic E-state index is 5.57. The van der Waals surface area contributed by atoms with Gasteiger partial charge in [0.1, 0.15) is 0 Å². The molecule has 0 aliphatic carbocycles. The Balaban J connectivity index is 3.87. The summed E-state index contributed by atoms with van der Waals surface area (Å²) in [7, 11) is 0. The third-order valence-electron chi connectivity index (χ3n) is 1.49. The molecule has 0 fully saturated rings. The van der Waals surface area contributed by atoms with E-state index in [2.05, 4.69) is 0 Å². The van der Waals surface area contributed by atoms with Gasteiger partial charge in [-0.25, -0.2) is 0 Å². The van der Waals surface area contributed by atoms with E-state index in [1.165, 1.54) is 0 Å². The second kappa shape index (κ2) is 4.73. The first-order chi connectivity index (χ1) is 5.04. The fourth-order valence-electron chi connectivity index (χ4n) is 0.942. The van der Waals surface area contributed by atoms with E-state index >= 15 is 0 Å². The normalized spacial score (nSPS) is 16.9. The second-order valence-corrected chi connectivity index (χ2v) is 3.01. The Morgan fingerprint density at radius 3 is 2.27 bits per heavy atom. The van der Waals surface area contributed by atoms with E-state index in [0.717, 1.165) is 6.42 Å². The minimum Gasteiger partial charge on any atom is -0.348 e. The molecule has 0 spiro atoms. The van der Waals surface area contributed by atoms with Crippen molar-refractivity contribution < 1.29 is 9.47 Å². The van der Waals surface area contributed by atoms with Crippen molar-refractivity contribution in [3.63, 3.8) is 0 Å². The summed E-state index contributed by atoms with van der Waals surface area (Å²) >= 11 is 0. The van der Waals surface area contributed by atoms with Crippen LogP contribution < -0.4 is 0 Å². The van der Waals surface area contributed by atoms with Gasteiger partial charge in [-0.3, -0.25) is 0 Å². The van der Waals surface area contributed by atoms with Crippen LogP contribution in [0.5, 0.6) is 0 Å². The first-order valence-corrected chi connectivity index (χ1v) is 4.17. The van der Waals surface area contributed by atoms with Crippen molar-refractivity contribution in [2.24, 2.45) is 0 Å². The zero-order valence-corrected chi connectivity index (χ0v) is 8.18. The number of rotatable bonds is 5. The molecule has 0 bridgehead atoms. The van der Waals surface area contributed by atoms with Crippen LogP contribution >= 0.6 is 0 Å². The lowest BCUT2D eigenvalue weighted by Crippen LogP contribution is -2.33. The Bertz CT molecular complexity index is 102. The van der Waals surface area contributed by atoms with Crippen molar-refractivity contribution in [1.29, 1.82) is 0 Å². The molecule has 0 amide bonds. The highest BCUT2D eigenvalue weighted by Gasteiger charge is 2.23. The zero-order chi connectivity index (χ0) is 8.91. The minimum atomic E-state index is -0.442. The van der Waals surface area contributed by atoms with Crippen LogP contribution in [0.25, 0.3) is 0 Å². The lowest BCUT2D eigenvalue weighted by atomic mass is 10.2. The Morgan fingerprint density at radius 2 is 2.00 bits per heavy atom. The van der Waals surface area contributed by atoms with E-state index in [0.29, 0.717) is 0 Å². The molecule has 2 heteroatoms. The van der Waals surface area contributed by atoms with E-state index in [9.17, 15) is 0 Å². The molecular formula is C9H19O2. The molecule has 0 aromatic carbocycles. The van der Waals surface area contributed by atoms with Crippen molar-refractivity contribution in [2.45, 2.75) is 52.9 Å². The molecule has 0 aliphatic rings. The van der Waals surface area contributed by atoms with E-state index in [1.807, 2.05) is 34.6 Å². The van der Waals surface area contributed by atoms with Gasteiger partial charge in [0, 0.05) is 0 Å². The molecule has 0 heterocycles. The fraction of sp³-hybridized carbons (Fsp3) is 0.889. The van der Waals surface area contributed by atoms with Gasteiger partial charge in [0.15, 0.2) is 5.79 Å². The minimum absolute atomic E-state index is 0.208. The smallest absolute Gasteiger partial charge is 0.166 e. The van der Waals surface area contributed by atoms with Crippen LogP contribution in [0.15, 0.2) is 0 Å². The Morgan fingerprint density at radius 1 is 1.45 bits per heavy atom. The molecule has 0 aromatic heterocycles. The van der Waals surface area contributed by atoms with Crippen molar-refractivity contribution in [3.8, 4) is 0 Å². The predicted molar refractivity (Wildman–Crippen MR) is 46.0 cm³/mol. The summed E-state index contributed by atoms with van der Waals surface area (Å²) in [6.45, 7) is 11.5. The summed E-state index contributed by atoms with van der Waals surface area (Å²) in [5.74, 6) is -0.442. The number of hydrogen-bond donors (Lipinski definition) is 0. The summed E-state index contributed by atoms with van der Waals surface area (Å²) < 4.78 is 10.9. The highest BCUT2D eigenvalue weighted by Crippen LogP contribution is 2.19. The quantitative estimate of drug-likeness (QED) is 0.574. The van der Waals surface area contributed by atoms with Gasteiger partial charge < -0.3 is 9.47 Å².